The summed E-state index contributed by atoms with van der Waals surface area (Å²) in [5, 5.41) is 7.02. The number of hydrogen-bond donors (Lipinski definition) is 1. The second kappa shape index (κ2) is 7.68. The first kappa shape index (κ1) is 17.5. The number of rotatable bonds is 5. The van der Waals surface area contributed by atoms with Crippen LogP contribution in [0, 0.1) is 6.92 Å². The van der Waals surface area contributed by atoms with Crippen molar-refractivity contribution in [2.45, 2.75) is 64.9 Å². The first-order valence-corrected chi connectivity index (χ1v) is 8.94. The van der Waals surface area contributed by atoms with Crippen molar-refractivity contribution in [2.75, 3.05) is 5.32 Å². The van der Waals surface area contributed by atoms with Crippen molar-refractivity contribution in [1.29, 1.82) is 0 Å². The van der Waals surface area contributed by atoms with Gasteiger partial charge in [0.2, 0.25) is 5.88 Å². The molecule has 25 heavy (non-hydrogen) atoms. The van der Waals surface area contributed by atoms with Crippen LogP contribution in [0.1, 0.15) is 73.5 Å². The molecule has 2 aromatic heterocycles. The molecule has 3 rings (SSSR count). The van der Waals surface area contributed by atoms with E-state index < -0.39 is 0 Å². The van der Waals surface area contributed by atoms with Gasteiger partial charge in [0, 0.05) is 17.7 Å². The van der Waals surface area contributed by atoms with Crippen LogP contribution in [0.5, 0.6) is 5.75 Å². The van der Waals surface area contributed by atoms with E-state index in [0.29, 0.717) is 23.1 Å². The molecule has 134 valence electrons. The first-order chi connectivity index (χ1) is 12.0. The molecule has 0 spiro atoms. The third-order valence-corrected chi connectivity index (χ3v) is 4.53. The van der Waals surface area contributed by atoms with Crippen LogP contribution in [0.15, 0.2) is 23.0 Å². The van der Waals surface area contributed by atoms with Crippen molar-refractivity contribution in [3.63, 3.8) is 0 Å². The number of amides is 1. The lowest BCUT2D eigenvalue weighted by Gasteiger charge is -2.19. The molecule has 1 amide bonds. The van der Waals surface area contributed by atoms with Gasteiger partial charge in [0.15, 0.2) is 0 Å². The summed E-state index contributed by atoms with van der Waals surface area (Å²) in [5.74, 6) is 1.14. The highest BCUT2D eigenvalue weighted by molar-refractivity contribution is 6.03. The maximum atomic E-state index is 12.5. The molecule has 0 radical (unpaired) electrons. The Labute approximate surface area is 148 Å². The molecule has 0 bridgehead atoms. The van der Waals surface area contributed by atoms with E-state index in [1.807, 2.05) is 20.8 Å². The molecule has 6 nitrogen and oxygen atoms in total. The Bertz CT molecular complexity index is 733. The SMILES string of the molecule is Cc1c(C2CCCCC2)noc1NC(=O)c1cncc(OC(C)C)c1. The normalized spacial score (nSPS) is 15.4. The molecule has 1 aliphatic rings. The van der Waals surface area contributed by atoms with Crippen molar-refractivity contribution < 1.29 is 14.1 Å². The number of pyridine rings is 1. The summed E-state index contributed by atoms with van der Waals surface area (Å²) in [4.78, 5) is 16.6. The molecule has 2 heterocycles. The molecule has 2 aromatic rings. The van der Waals surface area contributed by atoms with Crippen LogP contribution in [0.3, 0.4) is 0 Å². The Hall–Kier alpha value is -2.37. The van der Waals surface area contributed by atoms with Gasteiger partial charge in [0.05, 0.1) is 23.6 Å². The van der Waals surface area contributed by atoms with Gasteiger partial charge >= 0.3 is 0 Å². The zero-order valence-corrected chi connectivity index (χ0v) is 15.0. The van der Waals surface area contributed by atoms with Gasteiger partial charge in [0.25, 0.3) is 5.91 Å². The molecule has 1 fully saturated rings. The maximum absolute atomic E-state index is 12.5. The van der Waals surface area contributed by atoms with Gasteiger partial charge in [-0.2, -0.15) is 0 Å². The first-order valence-electron chi connectivity index (χ1n) is 8.94. The van der Waals surface area contributed by atoms with E-state index in [2.05, 4.69) is 15.5 Å². The molecule has 0 aliphatic heterocycles. The van der Waals surface area contributed by atoms with Gasteiger partial charge in [-0.3, -0.25) is 15.1 Å². The average Bonchev–Trinajstić information content (AvgIpc) is 2.96. The number of carbonyl (C=O) groups is 1. The maximum Gasteiger partial charge on any atom is 0.259 e. The Morgan fingerprint density at radius 3 is 2.76 bits per heavy atom. The molecule has 0 aromatic carbocycles. The summed E-state index contributed by atoms with van der Waals surface area (Å²) in [6.07, 6.45) is 9.15. The van der Waals surface area contributed by atoms with Crippen molar-refractivity contribution in [1.82, 2.24) is 10.1 Å². The second-order valence-electron chi connectivity index (χ2n) is 6.89. The Balaban J connectivity index is 1.72. The number of ether oxygens (including phenoxy) is 1. The van der Waals surface area contributed by atoms with Crippen LogP contribution < -0.4 is 10.1 Å². The topological polar surface area (TPSA) is 77.3 Å². The molecular weight excluding hydrogens is 318 g/mol. The van der Waals surface area contributed by atoms with E-state index in [1.54, 1.807) is 12.3 Å². The van der Waals surface area contributed by atoms with E-state index in [4.69, 9.17) is 9.26 Å². The largest absolute Gasteiger partial charge is 0.489 e. The zero-order chi connectivity index (χ0) is 17.8. The van der Waals surface area contributed by atoms with Gasteiger partial charge < -0.3 is 9.26 Å². The molecule has 0 atom stereocenters. The smallest absolute Gasteiger partial charge is 0.259 e. The van der Waals surface area contributed by atoms with E-state index in [-0.39, 0.29) is 12.0 Å². The van der Waals surface area contributed by atoms with Gasteiger partial charge in [-0.15, -0.1) is 0 Å². The summed E-state index contributed by atoms with van der Waals surface area (Å²) >= 11 is 0. The quantitative estimate of drug-likeness (QED) is 0.867. The summed E-state index contributed by atoms with van der Waals surface area (Å²) < 4.78 is 11.0. The van der Waals surface area contributed by atoms with Gasteiger partial charge in [-0.05, 0) is 39.7 Å². The highest BCUT2D eigenvalue weighted by Crippen LogP contribution is 2.35. The fraction of sp³-hybridized carbons (Fsp3) is 0.526. The highest BCUT2D eigenvalue weighted by Gasteiger charge is 2.24. The van der Waals surface area contributed by atoms with Crippen LogP contribution in [-0.4, -0.2) is 22.2 Å². The van der Waals surface area contributed by atoms with Crippen LogP contribution in [0.2, 0.25) is 0 Å². The fourth-order valence-corrected chi connectivity index (χ4v) is 3.28. The lowest BCUT2D eigenvalue weighted by atomic mass is 9.86. The van der Waals surface area contributed by atoms with Crippen LogP contribution in [0.25, 0.3) is 0 Å². The van der Waals surface area contributed by atoms with Crippen LogP contribution in [-0.2, 0) is 0 Å². The minimum Gasteiger partial charge on any atom is -0.489 e. The van der Waals surface area contributed by atoms with Crippen molar-refractivity contribution >= 4 is 11.8 Å². The third kappa shape index (κ3) is 4.18. The molecular formula is C19H25N3O3. The predicted molar refractivity (Wildman–Crippen MR) is 95.0 cm³/mol. The van der Waals surface area contributed by atoms with Crippen molar-refractivity contribution in [3.8, 4) is 5.75 Å². The second-order valence-corrected chi connectivity index (χ2v) is 6.89. The highest BCUT2D eigenvalue weighted by atomic mass is 16.5. The number of anilines is 1. The van der Waals surface area contributed by atoms with E-state index in [0.717, 1.165) is 24.1 Å². The summed E-state index contributed by atoms with van der Waals surface area (Å²) in [5.41, 5.74) is 2.32. The number of nitrogens with zero attached hydrogens (tertiary/aromatic N) is 2. The summed E-state index contributed by atoms with van der Waals surface area (Å²) in [6, 6.07) is 1.68. The van der Waals surface area contributed by atoms with Gasteiger partial charge in [-0.1, -0.05) is 24.4 Å². The van der Waals surface area contributed by atoms with Crippen LogP contribution in [0.4, 0.5) is 5.88 Å². The number of hydrogen-bond acceptors (Lipinski definition) is 5. The monoisotopic (exact) mass is 343 g/mol. The molecule has 1 saturated carbocycles. The lowest BCUT2D eigenvalue weighted by Crippen LogP contribution is -2.14. The Morgan fingerprint density at radius 2 is 2.04 bits per heavy atom. The fourth-order valence-electron chi connectivity index (χ4n) is 3.28. The van der Waals surface area contributed by atoms with Crippen LogP contribution >= 0.6 is 0 Å². The minimum atomic E-state index is -0.281. The predicted octanol–water partition coefficient (Wildman–Crippen LogP) is 4.47. The zero-order valence-electron chi connectivity index (χ0n) is 15.0. The van der Waals surface area contributed by atoms with E-state index in [9.17, 15) is 4.79 Å². The van der Waals surface area contributed by atoms with E-state index in [1.165, 1.54) is 25.5 Å². The van der Waals surface area contributed by atoms with Crippen molar-refractivity contribution in [2.24, 2.45) is 0 Å². The van der Waals surface area contributed by atoms with Gasteiger partial charge in [0.1, 0.15) is 5.75 Å². The Kier molecular flexibility index (Phi) is 5.36. The molecule has 6 heteroatoms. The summed E-state index contributed by atoms with van der Waals surface area (Å²) in [7, 11) is 0. The standard InChI is InChI=1S/C19H25N3O3/c1-12(2)24-16-9-15(10-20-11-16)18(23)21-19-13(3)17(22-25-19)14-7-5-4-6-8-14/h9-12,14H,4-8H2,1-3H3,(H,21,23). The molecule has 0 saturated heterocycles. The molecule has 1 N–H and O–H groups in total. The number of nitrogens with one attached hydrogen (secondary N) is 1. The Morgan fingerprint density at radius 1 is 1.28 bits per heavy atom. The number of carbonyl (C=O) groups excluding carboxylic acids is 1. The molecule has 1 aliphatic carbocycles. The lowest BCUT2D eigenvalue weighted by molar-refractivity contribution is 0.102. The number of aromatic nitrogens is 2. The van der Waals surface area contributed by atoms with Crippen molar-refractivity contribution in [3.05, 3.63) is 35.3 Å². The minimum absolute atomic E-state index is 0.0229. The van der Waals surface area contributed by atoms with Gasteiger partial charge in [-0.25, -0.2) is 0 Å². The average molecular weight is 343 g/mol. The third-order valence-electron chi connectivity index (χ3n) is 4.53. The summed E-state index contributed by atoms with van der Waals surface area (Å²) in [6.45, 7) is 5.81. The molecule has 0 unspecified atom stereocenters. The van der Waals surface area contributed by atoms with E-state index >= 15 is 0 Å².